The lowest BCUT2D eigenvalue weighted by Gasteiger charge is -2.04. The van der Waals surface area contributed by atoms with E-state index in [2.05, 4.69) is 10.1 Å². The molecule has 3 aromatic rings. The predicted octanol–water partition coefficient (Wildman–Crippen LogP) is 4.23. The van der Waals surface area contributed by atoms with E-state index in [9.17, 15) is 13.2 Å². The molecular formula is C14H10F3N3S. The van der Waals surface area contributed by atoms with Gasteiger partial charge in [0.15, 0.2) is 0 Å². The fourth-order valence-corrected chi connectivity index (χ4v) is 2.96. The molecule has 108 valence electrons. The number of thiophene rings is 1. The Bertz CT molecular complexity index is 759. The lowest BCUT2D eigenvalue weighted by atomic mass is 10.0. The lowest BCUT2D eigenvalue weighted by molar-refractivity contribution is -0.143. The summed E-state index contributed by atoms with van der Waals surface area (Å²) in [4.78, 5) is 4.04. The number of hydrogen-bond acceptors (Lipinski definition) is 3. The molecule has 3 rings (SSSR count). The van der Waals surface area contributed by atoms with Gasteiger partial charge in [0.25, 0.3) is 0 Å². The van der Waals surface area contributed by atoms with Gasteiger partial charge in [-0.2, -0.15) is 29.6 Å². The molecule has 0 amide bonds. The molecule has 0 bridgehead atoms. The second kappa shape index (κ2) is 5.00. The van der Waals surface area contributed by atoms with Gasteiger partial charge in [-0.25, -0.2) is 0 Å². The van der Waals surface area contributed by atoms with Crippen molar-refractivity contribution >= 4 is 11.3 Å². The van der Waals surface area contributed by atoms with Gasteiger partial charge < -0.3 is 0 Å². The van der Waals surface area contributed by atoms with Gasteiger partial charge in [0.05, 0.1) is 5.69 Å². The first-order chi connectivity index (χ1) is 9.97. The van der Waals surface area contributed by atoms with Crippen LogP contribution in [0.2, 0.25) is 0 Å². The maximum absolute atomic E-state index is 12.9. The van der Waals surface area contributed by atoms with Crippen molar-refractivity contribution in [1.82, 2.24) is 14.8 Å². The fourth-order valence-electron chi connectivity index (χ4n) is 2.11. The molecular weight excluding hydrogens is 299 g/mol. The van der Waals surface area contributed by atoms with Gasteiger partial charge in [0.2, 0.25) is 0 Å². The highest BCUT2D eigenvalue weighted by Gasteiger charge is 2.35. The Hall–Kier alpha value is -2.15. The summed E-state index contributed by atoms with van der Waals surface area (Å²) in [5, 5.41) is 7.67. The van der Waals surface area contributed by atoms with E-state index in [0.717, 1.165) is 21.9 Å². The third-order valence-corrected chi connectivity index (χ3v) is 3.82. The van der Waals surface area contributed by atoms with Crippen LogP contribution in [0, 0.1) is 0 Å². The monoisotopic (exact) mass is 309 g/mol. The first-order valence-electron chi connectivity index (χ1n) is 6.05. The van der Waals surface area contributed by atoms with Crippen molar-refractivity contribution in [3.63, 3.8) is 0 Å². The highest BCUT2D eigenvalue weighted by atomic mass is 32.1. The molecule has 3 heterocycles. The van der Waals surface area contributed by atoms with E-state index in [1.165, 1.54) is 18.4 Å². The van der Waals surface area contributed by atoms with Crippen molar-refractivity contribution < 1.29 is 13.2 Å². The summed E-state index contributed by atoms with van der Waals surface area (Å²) < 4.78 is 39.4. The largest absolute Gasteiger partial charge is 0.433 e. The van der Waals surface area contributed by atoms with Gasteiger partial charge >= 0.3 is 6.18 Å². The molecule has 0 atom stereocenters. The quantitative estimate of drug-likeness (QED) is 0.709. The molecule has 0 aliphatic carbocycles. The van der Waals surface area contributed by atoms with Crippen LogP contribution >= 0.6 is 11.3 Å². The van der Waals surface area contributed by atoms with Crippen LogP contribution in [0.3, 0.4) is 0 Å². The number of nitrogens with zero attached hydrogens (tertiary/aromatic N) is 3. The van der Waals surface area contributed by atoms with Gasteiger partial charge in [-0.05, 0) is 17.5 Å². The number of halogens is 3. The maximum atomic E-state index is 12.9. The molecule has 7 heteroatoms. The van der Waals surface area contributed by atoms with E-state index in [-0.39, 0.29) is 0 Å². The van der Waals surface area contributed by atoms with Crippen molar-refractivity contribution in [2.24, 2.45) is 7.05 Å². The van der Waals surface area contributed by atoms with Gasteiger partial charge in [0.1, 0.15) is 5.69 Å². The Morgan fingerprint density at radius 3 is 2.57 bits per heavy atom. The van der Waals surface area contributed by atoms with Gasteiger partial charge in [-0.1, -0.05) is 6.07 Å². The summed E-state index contributed by atoms with van der Waals surface area (Å²) in [5.74, 6) is 0. The van der Waals surface area contributed by atoms with Crippen LogP contribution in [0.4, 0.5) is 13.2 Å². The molecule has 3 nitrogen and oxygen atoms in total. The van der Waals surface area contributed by atoms with Crippen molar-refractivity contribution in [2.45, 2.75) is 6.18 Å². The number of rotatable bonds is 2. The van der Waals surface area contributed by atoms with Gasteiger partial charge in [-0.3, -0.25) is 9.67 Å². The summed E-state index contributed by atoms with van der Waals surface area (Å²) in [6.07, 6.45) is -1.08. The smallest absolute Gasteiger partial charge is 0.264 e. The molecule has 0 aliphatic heterocycles. The molecule has 0 saturated heterocycles. The minimum atomic E-state index is -4.41. The molecule has 0 spiro atoms. The second-order valence-electron chi connectivity index (χ2n) is 4.48. The second-order valence-corrected chi connectivity index (χ2v) is 5.22. The van der Waals surface area contributed by atoms with Crippen molar-refractivity contribution in [3.8, 4) is 22.4 Å². The molecule has 21 heavy (non-hydrogen) atoms. The van der Waals surface area contributed by atoms with E-state index in [4.69, 9.17) is 0 Å². The van der Waals surface area contributed by atoms with E-state index in [1.807, 2.05) is 11.4 Å². The Morgan fingerprint density at radius 1 is 1.19 bits per heavy atom. The van der Waals surface area contributed by atoms with E-state index < -0.39 is 11.9 Å². The molecule has 0 saturated carbocycles. The van der Waals surface area contributed by atoms with Gasteiger partial charge in [-0.15, -0.1) is 0 Å². The Balaban J connectivity index is 2.09. The topological polar surface area (TPSA) is 30.7 Å². The summed E-state index contributed by atoms with van der Waals surface area (Å²) in [6, 6.07) is 4.73. The summed E-state index contributed by atoms with van der Waals surface area (Å²) in [6.45, 7) is 0. The van der Waals surface area contributed by atoms with Crippen LogP contribution in [-0.4, -0.2) is 14.8 Å². The normalized spacial score (nSPS) is 11.8. The highest BCUT2D eigenvalue weighted by Crippen LogP contribution is 2.37. The van der Waals surface area contributed by atoms with Crippen molar-refractivity contribution in [3.05, 3.63) is 47.0 Å². The van der Waals surface area contributed by atoms with E-state index >= 15 is 0 Å². The predicted molar refractivity (Wildman–Crippen MR) is 74.8 cm³/mol. The van der Waals surface area contributed by atoms with Gasteiger partial charge in [0, 0.05) is 41.5 Å². The van der Waals surface area contributed by atoms with Crippen LogP contribution < -0.4 is 0 Å². The number of aromatic nitrogens is 3. The highest BCUT2D eigenvalue weighted by molar-refractivity contribution is 7.08. The lowest BCUT2D eigenvalue weighted by Crippen LogP contribution is -2.11. The van der Waals surface area contributed by atoms with E-state index in [1.54, 1.807) is 23.8 Å². The Labute approximate surface area is 122 Å². The Morgan fingerprint density at radius 2 is 1.95 bits per heavy atom. The SMILES string of the molecule is Cn1nc(-c2cscc2-c2cccnc2)cc1C(F)(F)F. The Kier molecular flexibility index (Phi) is 3.29. The van der Waals surface area contributed by atoms with Crippen LogP contribution in [0.25, 0.3) is 22.4 Å². The van der Waals surface area contributed by atoms with Crippen LogP contribution in [0.5, 0.6) is 0 Å². The number of pyridine rings is 1. The number of alkyl halides is 3. The molecule has 0 aliphatic rings. The van der Waals surface area contributed by atoms with Crippen molar-refractivity contribution in [2.75, 3.05) is 0 Å². The first kappa shape index (κ1) is 13.8. The zero-order valence-corrected chi connectivity index (χ0v) is 11.7. The standard InChI is InChI=1S/C14H10F3N3S/c1-20-13(14(15,16)17)5-12(19-20)11-8-21-7-10(11)9-3-2-4-18-6-9/h2-8H,1H3. The van der Waals surface area contributed by atoms with Crippen LogP contribution in [-0.2, 0) is 13.2 Å². The summed E-state index contributed by atoms with van der Waals surface area (Å²) in [7, 11) is 1.29. The molecule has 3 aromatic heterocycles. The average Bonchev–Trinajstić information content (AvgIpc) is 3.05. The zero-order chi connectivity index (χ0) is 15.0. The average molecular weight is 309 g/mol. The zero-order valence-electron chi connectivity index (χ0n) is 10.9. The molecule has 0 aromatic carbocycles. The summed E-state index contributed by atoms with van der Waals surface area (Å²) >= 11 is 1.42. The minimum absolute atomic E-state index is 0.310. The third-order valence-electron chi connectivity index (χ3n) is 3.08. The number of hydrogen-bond donors (Lipinski definition) is 0. The van der Waals surface area contributed by atoms with Crippen LogP contribution in [0.15, 0.2) is 41.4 Å². The molecule has 0 fully saturated rings. The third kappa shape index (κ3) is 2.56. The minimum Gasteiger partial charge on any atom is -0.264 e. The summed E-state index contributed by atoms with van der Waals surface area (Å²) in [5.41, 5.74) is 1.91. The molecule has 0 radical (unpaired) electrons. The van der Waals surface area contributed by atoms with Crippen LogP contribution in [0.1, 0.15) is 5.69 Å². The first-order valence-corrected chi connectivity index (χ1v) is 6.99. The molecule has 0 N–H and O–H groups in total. The van der Waals surface area contributed by atoms with E-state index in [0.29, 0.717) is 11.3 Å². The fraction of sp³-hybridized carbons (Fsp3) is 0.143. The van der Waals surface area contributed by atoms with Crippen molar-refractivity contribution in [1.29, 1.82) is 0 Å². The number of aryl methyl sites for hydroxylation is 1. The maximum Gasteiger partial charge on any atom is 0.433 e. The molecule has 0 unspecified atom stereocenters.